The quantitative estimate of drug-likeness (QED) is 0.555. The molecule has 54 valence electrons. The molecule has 0 amide bonds. The minimum atomic E-state index is 0.333. The van der Waals surface area contributed by atoms with E-state index in [1.54, 1.807) is 5.31 Å². The first-order valence-electron chi connectivity index (χ1n) is 3.99. The van der Waals surface area contributed by atoms with Crippen LogP contribution in [-0.4, -0.2) is 31.7 Å². The molecule has 2 unspecified atom stereocenters. The molecular weight excluding hydrogens is 112 g/mol. The molecule has 0 spiro atoms. The molecule has 0 radical (unpaired) electrons. The first-order valence-corrected chi connectivity index (χ1v) is 3.55. The highest BCUT2D eigenvalue weighted by molar-refractivity contribution is 4.77. The Labute approximate surface area is 58.7 Å². The summed E-state index contributed by atoms with van der Waals surface area (Å²) >= 11 is 0. The zero-order valence-corrected chi connectivity index (χ0v) is 6.46. The monoisotopic (exact) mass is 129 g/mol. The average Bonchev–Trinajstić information content (AvgIpc) is 2.11. The molecule has 1 aliphatic rings. The molecule has 0 aromatic rings. The zero-order valence-electron chi connectivity index (χ0n) is 7.46. The summed E-state index contributed by atoms with van der Waals surface area (Å²) < 4.78 is 7.54. The number of hydrogen-bond acceptors (Lipinski definition) is 2. The van der Waals surface area contributed by atoms with Crippen molar-refractivity contribution in [1.29, 1.82) is 0 Å². The zero-order chi connectivity index (χ0) is 7.72. The van der Waals surface area contributed by atoms with Crippen LogP contribution < -0.4 is 5.31 Å². The van der Waals surface area contributed by atoms with E-state index < -0.39 is 0 Å². The molecule has 2 atom stereocenters. The maximum absolute atomic E-state index is 7.54. The van der Waals surface area contributed by atoms with Gasteiger partial charge in [-0.05, 0) is 33.0 Å². The lowest BCUT2D eigenvalue weighted by molar-refractivity contribution is 0.227. The largest absolute Gasteiger partial charge is 0.302 e. The highest BCUT2D eigenvalue weighted by Crippen LogP contribution is 2.14. The Morgan fingerprint density at radius 3 is 2.56 bits per heavy atom. The predicted molar refractivity (Wildman–Crippen MR) is 39.3 cm³/mol. The second kappa shape index (κ2) is 2.67. The molecule has 0 saturated carbocycles. The molecular formula is C7H16N2. The summed E-state index contributed by atoms with van der Waals surface area (Å²) in [6.45, 7) is 3.13. The van der Waals surface area contributed by atoms with Gasteiger partial charge in [0.2, 0.25) is 0 Å². The summed E-state index contributed by atoms with van der Waals surface area (Å²) in [4.78, 5) is 2.12. The highest BCUT2D eigenvalue weighted by Gasteiger charge is 2.23. The lowest BCUT2D eigenvalue weighted by Crippen LogP contribution is -2.39. The lowest BCUT2D eigenvalue weighted by Gasteiger charge is -2.23. The lowest BCUT2D eigenvalue weighted by atomic mass is 10.1. The summed E-state index contributed by atoms with van der Waals surface area (Å²) in [7, 11) is 4.07. The summed E-state index contributed by atoms with van der Waals surface area (Å²) in [6, 6.07) is 0. The van der Waals surface area contributed by atoms with E-state index >= 15 is 0 Å². The molecule has 0 aromatic carbocycles. The predicted octanol–water partition coefficient (Wildman–Crippen LogP) is 0.504. The Kier molecular flexibility index (Phi) is 1.69. The van der Waals surface area contributed by atoms with Gasteiger partial charge in [0.05, 0.1) is 6.17 Å². The molecule has 1 heterocycles. The van der Waals surface area contributed by atoms with E-state index in [2.05, 4.69) is 11.8 Å². The first-order chi connectivity index (χ1) is 4.63. The van der Waals surface area contributed by atoms with E-state index in [4.69, 9.17) is 1.41 Å². The third kappa shape index (κ3) is 1.43. The van der Waals surface area contributed by atoms with Gasteiger partial charge >= 0.3 is 0 Å². The number of nitrogens with zero attached hydrogens (tertiary/aromatic N) is 1. The van der Waals surface area contributed by atoms with Crippen LogP contribution in [0.1, 0.15) is 13.3 Å². The van der Waals surface area contributed by atoms with E-state index in [1.165, 1.54) is 0 Å². The van der Waals surface area contributed by atoms with Crippen LogP contribution in [0.2, 0.25) is 1.41 Å². The highest BCUT2D eigenvalue weighted by atomic mass is 15.2. The normalized spacial score (nSPS) is 39.8. The van der Waals surface area contributed by atoms with Crippen LogP contribution >= 0.6 is 0 Å². The number of nitrogens with one attached hydrogen (secondary N) is 1. The van der Waals surface area contributed by atoms with Gasteiger partial charge in [-0.3, -0.25) is 4.90 Å². The van der Waals surface area contributed by atoms with Crippen molar-refractivity contribution >= 4 is 0 Å². The van der Waals surface area contributed by atoms with Crippen molar-refractivity contribution in [2.45, 2.75) is 19.5 Å². The Hall–Kier alpha value is -0.0800. The Bertz CT molecular complexity index is 106. The topological polar surface area (TPSA) is 15.3 Å². The standard InChI is InChI=1S/C7H16N2/c1-6-4-5-8-7(6)9(2)3/h6-8H,4-5H2,1-3H3/i/hD. The SMILES string of the molecule is [2H]N1CCC(C)C1N(C)C. The molecule has 9 heavy (non-hydrogen) atoms. The van der Waals surface area contributed by atoms with Gasteiger partial charge in [-0.1, -0.05) is 6.92 Å². The first kappa shape index (κ1) is 5.69. The van der Waals surface area contributed by atoms with E-state index in [0.717, 1.165) is 13.0 Å². The number of rotatable bonds is 1. The molecule has 1 fully saturated rings. The molecule has 0 bridgehead atoms. The second-order valence-electron chi connectivity index (χ2n) is 3.05. The molecule has 1 saturated heterocycles. The van der Waals surface area contributed by atoms with Crippen molar-refractivity contribution in [2.24, 2.45) is 5.92 Å². The minimum absolute atomic E-state index is 0.333. The average molecular weight is 129 g/mol. The van der Waals surface area contributed by atoms with Crippen LogP contribution in [-0.2, 0) is 0 Å². The van der Waals surface area contributed by atoms with Gasteiger partial charge in [0, 0.05) is 0 Å². The molecule has 0 aliphatic carbocycles. The Morgan fingerprint density at radius 2 is 2.33 bits per heavy atom. The van der Waals surface area contributed by atoms with Crippen molar-refractivity contribution in [1.82, 2.24) is 10.2 Å². The van der Waals surface area contributed by atoms with E-state index in [-0.39, 0.29) is 0 Å². The van der Waals surface area contributed by atoms with Crippen molar-refractivity contribution in [3.05, 3.63) is 0 Å². The van der Waals surface area contributed by atoms with Gasteiger partial charge in [0.25, 0.3) is 0 Å². The molecule has 1 aliphatic heterocycles. The van der Waals surface area contributed by atoms with Crippen LogP contribution in [0, 0.1) is 5.92 Å². The van der Waals surface area contributed by atoms with Gasteiger partial charge in [-0.2, -0.15) is 0 Å². The van der Waals surface area contributed by atoms with Gasteiger partial charge in [0.15, 0.2) is 0 Å². The number of hydrogen-bond donors (Lipinski definition) is 1. The Morgan fingerprint density at radius 1 is 1.67 bits per heavy atom. The van der Waals surface area contributed by atoms with Crippen LogP contribution in [0.5, 0.6) is 0 Å². The van der Waals surface area contributed by atoms with Crippen LogP contribution in [0.4, 0.5) is 0 Å². The van der Waals surface area contributed by atoms with Gasteiger partial charge in [0.1, 0.15) is 1.41 Å². The molecule has 0 aromatic heterocycles. The second-order valence-corrected chi connectivity index (χ2v) is 3.05. The fraction of sp³-hybridized carbons (Fsp3) is 1.00. The summed E-state index contributed by atoms with van der Waals surface area (Å²) in [5, 5.41) is 1.67. The van der Waals surface area contributed by atoms with Crippen LogP contribution in [0.25, 0.3) is 0 Å². The van der Waals surface area contributed by atoms with E-state index in [9.17, 15) is 0 Å². The molecule has 2 heteroatoms. The van der Waals surface area contributed by atoms with Crippen molar-refractivity contribution in [3.8, 4) is 0 Å². The minimum Gasteiger partial charge on any atom is -0.302 e. The van der Waals surface area contributed by atoms with E-state index in [1.807, 2.05) is 14.1 Å². The maximum Gasteiger partial charge on any atom is 0.124 e. The van der Waals surface area contributed by atoms with Crippen LogP contribution in [0.15, 0.2) is 0 Å². The summed E-state index contributed by atoms with van der Waals surface area (Å²) in [5.74, 6) is 0.646. The summed E-state index contributed by atoms with van der Waals surface area (Å²) in [5.41, 5.74) is 0. The molecule has 1 rings (SSSR count). The Balaban J connectivity index is 2.54. The summed E-state index contributed by atoms with van der Waals surface area (Å²) in [6.07, 6.45) is 1.49. The smallest absolute Gasteiger partial charge is 0.124 e. The van der Waals surface area contributed by atoms with Gasteiger partial charge in [-0.25, -0.2) is 0 Å². The fourth-order valence-electron chi connectivity index (χ4n) is 1.41. The molecule has 1 N–H and O–H groups in total. The third-order valence-corrected chi connectivity index (χ3v) is 1.94. The van der Waals surface area contributed by atoms with E-state index in [0.29, 0.717) is 12.1 Å². The maximum atomic E-state index is 7.54. The molecule has 2 nitrogen and oxygen atoms in total. The van der Waals surface area contributed by atoms with Crippen molar-refractivity contribution in [2.75, 3.05) is 20.6 Å². The third-order valence-electron chi connectivity index (χ3n) is 1.94. The van der Waals surface area contributed by atoms with Crippen LogP contribution in [0.3, 0.4) is 0 Å². The van der Waals surface area contributed by atoms with Crippen molar-refractivity contribution < 1.29 is 1.41 Å². The fourth-order valence-corrected chi connectivity index (χ4v) is 1.41. The van der Waals surface area contributed by atoms with Crippen molar-refractivity contribution in [3.63, 3.8) is 0 Å². The van der Waals surface area contributed by atoms with Gasteiger partial charge in [-0.15, -0.1) is 0 Å². The van der Waals surface area contributed by atoms with Gasteiger partial charge < -0.3 is 5.31 Å².